The fraction of sp³-hybridized carbons (Fsp3) is 0.200. The van der Waals surface area contributed by atoms with Crippen molar-refractivity contribution in [1.82, 2.24) is 9.97 Å². The number of fused-ring (bicyclic) bond motifs is 1. The third-order valence-corrected chi connectivity index (χ3v) is 2.86. The van der Waals surface area contributed by atoms with Crippen LogP contribution in [0, 0.1) is 0 Å². The third-order valence-electron chi connectivity index (χ3n) is 2.08. The van der Waals surface area contributed by atoms with E-state index in [0.717, 1.165) is 11.6 Å². The van der Waals surface area contributed by atoms with E-state index >= 15 is 0 Å². The van der Waals surface area contributed by atoms with Gasteiger partial charge in [0, 0.05) is 17.8 Å². The molecule has 0 atom stereocenters. The van der Waals surface area contributed by atoms with Crippen LogP contribution in [0.3, 0.4) is 0 Å². The van der Waals surface area contributed by atoms with E-state index in [2.05, 4.69) is 15.3 Å². The van der Waals surface area contributed by atoms with Crippen LogP contribution in [-0.4, -0.2) is 36.3 Å². The maximum Gasteiger partial charge on any atom is 0.239 e. The molecular formula is C10H11N3O3S. The maximum atomic E-state index is 11.4. The summed E-state index contributed by atoms with van der Waals surface area (Å²) in [6.07, 6.45) is 4.22. The second-order valence-corrected chi connectivity index (χ2v) is 5.90. The number of aromatic nitrogens is 2. The van der Waals surface area contributed by atoms with Crippen LogP contribution in [0.1, 0.15) is 0 Å². The first-order chi connectivity index (χ1) is 7.94. The molecule has 0 aliphatic heterocycles. The predicted octanol–water partition coefficient (Wildman–Crippen LogP) is 0.546. The van der Waals surface area contributed by atoms with Crippen LogP contribution in [0.4, 0.5) is 5.69 Å². The molecule has 0 aliphatic carbocycles. The van der Waals surface area contributed by atoms with Gasteiger partial charge in [-0.1, -0.05) is 0 Å². The van der Waals surface area contributed by atoms with Crippen LogP contribution in [-0.2, 0) is 14.6 Å². The molecule has 17 heavy (non-hydrogen) atoms. The van der Waals surface area contributed by atoms with Crippen molar-refractivity contribution in [3.63, 3.8) is 0 Å². The largest absolute Gasteiger partial charge is 0.346 e. The van der Waals surface area contributed by atoms with Gasteiger partial charge in [0.15, 0.2) is 9.84 Å². The van der Waals surface area contributed by atoms with Crippen molar-refractivity contribution in [2.75, 3.05) is 17.3 Å². The minimum atomic E-state index is -3.31. The van der Waals surface area contributed by atoms with Crippen molar-refractivity contribution in [1.29, 1.82) is 0 Å². The SMILES string of the molecule is CS(=O)(=O)CC(=O)Nc1cnc2[nH]ccc2c1. The molecule has 0 aromatic carbocycles. The van der Waals surface area contributed by atoms with Crippen LogP contribution >= 0.6 is 0 Å². The van der Waals surface area contributed by atoms with Gasteiger partial charge in [0.2, 0.25) is 5.91 Å². The molecule has 0 saturated heterocycles. The van der Waals surface area contributed by atoms with E-state index in [-0.39, 0.29) is 0 Å². The Labute approximate surface area is 98.0 Å². The Balaban J connectivity index is 2.15. The zero-order valence-electron chi connectivity index (χ0n) is 9.10. The number of carbonyl (C=O) groups is 1. The first-order valence-electron chi connectivity index (χ1n) is 4.85. The number of carbonyl (C=O) groups excluding carboxylic acids is 1. The summed E-state index contributed by atoms with van der Waals surface area (Å²) in [5.41, 5.74) is 1.19. The number of rotatable bonds is 3. The van der Waals surface area contributed by atoms with E-state index in [1.807, 2.05) is 6.07 Å². The van der Waals surface area contributed by atoms with Gasteiger partial charge in [-0.15, -0.1) is 0 Å². The van der Waals surface area contributed by atoms with Gasteiger partial charge in [-0.3, -0.25) is 4.79 Å². The number of nitrogens with zero attached hydrogens (tertiary/aromatic N) is 1. The zero-order valence-corrected chi connectivity index (χ0v) is 9.91. The number of sulfone groups is 1. The number of H-pyrrole nitrogens is 1. The highest BCUT2D eigenvalue weighted by Gasteiger charge is 2.11. The Kier molecular flexibility index (Phi) is 2.84. The lowest BCUT2D eigenvalue weighted by molar-refractivity contribution is -0.113. The predicted molar refractivity (Wildman–Crippen MR) is 64.4 cm³/mol. The van der Waals surface area contributed by atoms with Gasteiger partial charge >= 0.3 is 0 Å². The number of hydrogen-bond acceptors (Lipinski definition) is 4. The molecule has 2 heterocycles. The summed E-state index contributed by atoms with van der Waals surface area (Å²) >= 11 is 0. The second kappa shape index (κ2) is 4.17. The third kappa shape index (κ3) is 3.04. The number of hydrogen-bond donors (Lipinski definition) is 2. The molecule has 6 nitrogen and oxygen atoms in total. The smallest absolute Gasteiger partial charge is 0.239 e. The lowest BCUT2D eigenvalue weighted by Crippen LogP contribution is -2.21. The van der Waals surface area contributed by atoms with Gasteiger partial charge in [0.05, 0.1) is 11.9 Å². The molecule has 0 spiro atoms. The molecule has 0 aliphatic rings. The number of aromatic amines is 1. The molecule has 0 bridgehead atoms. The zero-order chi connectivity index (χ0) is 12.5. The molecular weight excluding hydrogens is 242 g/mol. The van der Waals surface area contributed by atoms with Crippen molar-refractivity contribution in [3.8, 4) is 0 Å². The molecule has 0 radical (unpaired) electrons. The van der Waals surface area contributed by atoms with Gasteiger partial charge in [-0.05, 0) is 12.1 Å². The van der Waals surface area contributed by atoms with E-state index < -0.39 is 21.5 Å². The Morgan fingerprint density at radius 1 is 1.53 bits per heavy atom. The second-order valence-electron chi connectivity index (χ2n) is 3.76. The van der Waals surface area contributed by atoms with Crippen molar-refractivity contribution in [2.24, 2.45) is 0 Å². The van der Waals surface area contributed by atoms with Gasteiger partial charge in [0.25, 0.3) is 0 Å². The van der Waals surface area contributed by atoms with Crippen LogP contribution in [0.25, 0.3) is 11.0 Å². The van der Waals surface area contributed by atoms with Gasteiger partial charge in [0.1, 0.15) is 11.4 Å². The molecule has 7 heteroatoms. The van der Waals surface area contributed by atoms with Gasteiger partial charge in [-0.2, -0.15) is 0 Å². The summed E-state index contributed by atoms with van der Waals surface area (Å²) in [6, 6.07) is 3.54. The normalized spacial score (nSPS) is 11.6. The first kappa shape index (κ1) is 11.6. The Morgan fingerprint density at radius 3 is 3.00 bits per heavy atom. The number of anilines is 1. The summed E-state index contributed by atoms with van der Waals surface area (Å²) in [5.74, 6) is -1.10. The summed E-state index contributed by atoms with van der Waals surface area (Å²) in [7, 11) is -3.31. The van der Waals surface area contributed by atoms with Crippen LogP contribution in [0.2, 0.25) is 0 Å². The summed E-state index contributed by atoms with van der Waals surface area (Å²) in [5, 5.41) is 3.34. The van der Waals surface area contributed by atoms with E-state index in [0.29, 0.717) is 11.3 Å². The van der Waals surface area contributed by atoms with Crippen molar-refractivity contribution < 1.29 is 13.2 Å². The van der Waals surface area contributed by atoms with E-state index in [1.165, 1.54) is 6.20 Å². The topological polar surface area (TPSA) is 91.9 Å². The Bertz CT molecular complexity index is 660. The van der Waals surface area contributed by atoms with Crippen LogP contribution < -0.4 is 5.32 Å². The van der Waals surface area contributed by atoms with Crippen molar-refractivity contribution in [2.45, 2.75) is 0 Å². The lowest BCUT2D eigenvalue weighted by atomic mass is 10.3. The summed E-state index contributed by atoms with van der Waals surface area (Å²) in [4.78, 5) is 18.4. The number of pyridine rings is 1. The average molecular weight is 253 g/mol. The summed E-state index contributed by atoms with van der Waals surface area (Å²) < 4.78 is 21.8. The molecule has 2 aromatic rings. The molecule has 2 rings (SSSR count). The quantitative estimate of drug-likeness (QED) is 0.835. The highest BCUT2D eigenvalue weighted by atomic mass is 32.2. The maximum absolute atomic E-state index is 11.4. The number of nitrogens with one attached hydrogen (secondary N) is 2. The Morgan fingerprint density at radius 2 is 2.29 bits per heavy atom. The molecule has 1 amide bonds. The fourth-order valence-electron chi connectivity index (χ4n) is 1.44. The summed E-state index contributed by atoms with van der Waals surface area (Å²) in [6.45, 7) is 0. The molecule has 2 N–H and O–H groups in total. The first-order valence-corrected chi connectivity index (χ1v) is 6.91. The Hall–Kier alpha value is -1.89. The minimum absolute atomic E-state index is 0.478. The van der Waals surface area contributed by atoms with E-state index in [9.17, 15) is 13.2 Å². The molecule has 0 unspecified atom stereocenters. The highest BCUT2D eigenvalue weighted by molar-refractivity contribution is 7.91. The molecule has 90 valence electrons. The van der Waals surface area contributed by atoms with Crippen LogP contribution in [0.15, 0.2) is 24.5 Å². The fourth-order valence-corrected chi connectivity index (χ4v) is 1.99. The van der Waals surface area contributed by atoms with Gasteiger partial charge in [-0.25, -0.2) is 13.4 Å². The number of amides is 1. The van der Waals surface area contributed by atoms with Crippen molar-refractivity contribution in [3.05, 3.63) is 24.5 Å². The van der Waals surface area contributed by atoms with Crippen LogP contribution in [0.5, 0.6) is 0 Å². The standard InChI is InChI=1S/C10H11N3O3S/c1-17(15,16)6-9(14)13-8-4-7-2-3-11-10(7)12-5-8/h2-5H,6H2,1H3,(H,11,12)(H,13,14). The van der Waals surface area contributed by atoms with E-state index in [1.54, 1.807) is 12.3 Å². The lowest BCUT2D eigenvalue weighted by Gasteiger charge is -2.03. The van der Waals surface area contributed by atoms with E-state index in [4.69, 9.17) is 0 Å². The molecule has 0 saturated carbocycles. The average Bonchev–Trinajstić information content (AvgIpc) is 2.61. The highest BCUT2D eigenvalue weighted by Crippen LogP contribution is 2.14. The van der Waals surface area contributed by atoms with Crippen molar-refractivity contribution >= 4 is 32.5 Å². The van der Waals surface area contributed by atoms with Gasteiger partial charge < -0.3 is 10.3 Å². The molecule has 0 fully saturated rings. The minimum Gasteiger partial charge on any atom is -0.346 e. The molecule has 2 aromatic heterocycles. The monoisotopic (exact) mass is 253 g/mol.